The van der Waals surface area contributed by atoms with E-state index in [9.17, 15) is 150 Å². The van der Waals surface area contributed by atoms with Gasteiger partial charge in [-0.3, -0.25) is 9.59 Å². The first-order valence-electron chi connectivity index (χ1n) is 13.5. The fraction of sp³-hybridized carbons (Fsp3) is 0.667. The van der Waals surface area contributed by atoms with Crippen LogP contribution in [-0.2, 0) is 9.59 Å². The second kappa shape index (κ2) is 14.8. The van der Waals surface area contributed by atoms with Gasteiger partial charge in [0.05, 0.1) is 0 Å². The number of hydrogen-bond donors (Lipinski definition) is 2. The molecule has 60 heavy (non-hydrogen) atoms. The van der Waals surface area contributed by atoms with Crippen LogP contribution in [0.5, 0.6) is 0 Å². The van der Waals surface area contributed by atoms with Gasteiger partial charge in [0.1, 0.15) is 0 Å². The Labute approximate surface area is 305 Å². The SMILES string of the molecule is O=C(Nc1ccc(NC(=O)C(F)(F)C(F)(F)C(F)(F)C(F)(F)C(F)(F)C(F)(F)C(F)(F)C(F)F)cc1)C(F)(F)C(F)(F)C(F)(F)C(F)(F)C(F)(F)C(F)(F)C(F)(F)C(F)F. The number of nitrogens with one attached hydrogen (secondary N) is 2. The number of alkyl halides is 32. The summed E-state index contributed by atoms with van der Waals surface area (Å²) in [5.41, 5.74) is -3.60. The smallest absolute Gasteiger partial charge is 0.321 e. The standard InChI is InChI=1S/C24H8F32N2O2/c25-7(26)11(29,30)15(37,38)19(45,46)23(53,54)21(49,50)17(41,42)13(33,34)9(59)57-5-1-2-6(4-3-5)58-10(60)14(35,36)18(43,44)22(51,52)24(55,56)20(47,48)16(39,40)12(31,32)8(27)28/h1-4,7-8H,(H,57,59)(H,58,60). The van der Waals surface area contributed by atoms with Gasteiger partial charge in [-0.25, -0.2) is 17.6 Å². The second-order valence-electron chi connectivity index (χ2n) is 11.2. The average molecular weight is 964 g/mol. The van der Waals surface area contributed by atoms with Gasteiger partial charge in [-0.2, -0.15) is 123 Å². The zero-order valence-corrected chi connectivity index (χ0v) is 26.4. The van der Waals surface area contributed by atoms with Gasteiger partial charge in [-0.15, -0.1) is 0 Å². The van der Waals surface area contributed by atoms with Crippen LogP contribution in [-0.4, -0.2) is 108 Å². The van der Waals surface area contributed by atoms with Crippen LogP contribution in [0.1, 0.15) is 0 Å². The van der Waals surface area contributed by atoms with Crippen LogP contribution >= 0.6 is 0 Å². The van der Waals surface area contributed by atoms with E-state index in [0.29, 0.717) is 0 Å². The van der Waals surface area contributed by atoms with Gasteiger partial charge in [-0.05, 0) is 24.3 Å². The quantitative estimate of drug-likeness (QED) is 0.144. The number of carbonyl (C=O) groups excluding carboxylic acids is 2. The highest BCUT2D eigenvalue weighted by atomic mass is 19.4. The third-order valence-corrected chi connectivity index (χ3v) is 7.30. The zero-order chi connectivity index (χ0) is 48.7. The Bertz CT molecular complexity index is 1610. The number of benzene rings is 1. The summed E-state index contributed by atoms with van der Waals surface area (Å²) in [6.07, 6.45) is -12.4. The molecule has 0 aliphatic rings. The Hall–Kier alpha value is -4.08. The van der Waals surface area contributed by atoms with E-state index in [-0.39, 0.29) is 34.9 Å². The van der Waals surface area contributed by atoms with Crippen LogP contribution in [0, 0.1) is 0 Å². The molecule has 0 bridgehead atoms. The van der Waals surface area contributed by atoms with Crippen LogP contribution in [0.3, 0.4) is 0 Å². The molecule has 1 rings (SSSR count). The maximum absolute atomic E-state index is 14.1. The number of carbonyl (C=O) groups is 2. The summed E-state index contributed by atoms with van der Waals surface area (Å²) in [5, 5.41) is 0.475. The van der Waals surface area contributed by atoms with Crippen molar-refractivity contribution in [3.63, 3.8) is 0 Å². The van der Waals surface area contributed by atoms with Crippen molar-refractivity contribution in [2.24, 2.45) is 0 Å². The summed E-state index contributed by atoms with van der Waals surface area (Å²) in [5.74, 6) is -127. The van der Waals surface area contributed by atoms with Crippen molar-refractivity contribution in [2.75, 3.05) is 10.6 Å². The molecule has 0 saturated carbocycles. The van der Waals surface area contributed by atoms with Crippen molar-refractivity contribution >= 4 is 23.2 Å². The van der Waals surface area contributed by atoms with E-state index in [1.807, 2.05) is 0 Å². The zero-order valence-electron chi connectivity index (χ0n) is 26.4. The third kappa shape index (κ3) is 7.09. The molecule has 4 nitrogen and oxygen atoms in total. The number of halogens is 32. The van der Waals surface area contributed by atoms with Gasteiger partial charge >= 0.3 is 108 Å². The second-order valence-corrected chi connectivity index (χ2v) is 11.2. The lowest BCUT2D eigenvalue weighted by Gasteiger charge is -2.42. The van der Waals surface area contributed by atoms with Crippen molar-refractivity contribution in [1.29, 1.82) is 0 Å². The Morgan fingerprint density at radius 1 is 0.317 bits per heavy atom. The molecule has 0 saturated heterocycles. The molecule has 2 amide bonds. The molecule has 0 aliphatic carbocycles. The maximum Gasteiger partial charge on any atom is 0.393 e. The minimum Gasteiger partial charge on any atom is -0.321 e. The molecule has 350 valence electrons. The highest BCUT2D eigenvalue weighted by Crippen LogP contribution is 2.64. The monoisotopic (exact) mass is 964 g/mol. The number of hydrogen-bond acceptors (Lipinski definition) is 2. The summed E-state index contributed by atoms with van der Waals surface area (Å²) in [7, 11) is 0. The van der Waals surface area contributed by atoms with Gasteiger partial charge in [0.2, 0.25) is 0 Å². The molecule has 0 aliphatic heterocycles. The van der Waals surface area contributed by atoms with Gasteiger partial charge in [-0.1, -0.05) is 0 Å². The van der Waals surface area contributed by atoms with Gasteiger partial charge in [0, 0.05) is 11.4 Å². The van der Waals surface area contributed by atoms with Crippen LogP contribution in [0.4, 0.5) is 152 Å². The topological polar surface area (TPSA) is 58.2 Å². The Morgan fingerprint density at radius 3 is 0.667 bits per heavy atom. The molecule has 0 unspecified atom stereocenters. The summed E-state index contributed by atoms with van der Waals surface area (Å²) >= 11 is 0. The highest BCUT2D eigenvalue weighted by molar-refractivity contribution is 5.99. The lowest BCUT2D eigenvalue weighted by Crippen LogP contribution is -2.74. The predicted molar refractivity (Wildman–Crippen MR) is 125 cm³/mol. The normalized spacial score (nSPS) is 15.8. The van der Waals surface area contributed by atoms with E-state index in [0.717, 1.165) is 0 Å². The first kappa shape index (κ1) is 53.9. The molecule has 0 atom stereocenters. The summed E-state index contributed by atoms with van der Waals surface area (Å²) in [4.78, 5) is 23.2. The fourth-order valence-electron chi connectivity index (χ4n) is 3.61. The molecule has 0 fully saturated rings. The van der Waals surface area contributed by atoms with Crippen molar-refractivity contribution in [3.8, 4) is 0 Å². The minimum absolute atomic E-state index is 0.237. The largest absolute Gasteiger partial charge is 0.393 e. The van der Waals surface area contributed by atoms with Crippen molar-refractivity contribution in [1.82, 2.24) is 0 Å². The van der Waals surface area contributed by atoms with Crippen molar-refractivity contribution in [3.05, 3.63) is 24.3 Å². The van der Waals surface area contributed by atoms with E-state index >= 15 is 0 Å². The van der Waals surface area contributed by atoms with E-state index < -0.39 is 119 Å². The molecule has 2 N–H and O–H groups in total. The van der Waals surface area contributed by atoms with E-state index in [1.54, 1.807) is 0 Å². The Morgan fingerprint density at radius 2 is 0.483 bits per heavy atom. The maximum atomic E-state index is 14.1. The van der Waals surface area contributed by atoms with Gasteiger partial charge < -0.3 is 10.6 Å². The van der Waals surface area contributed by atoms with E-state index in [4.69, 9.17) is 0 Å². The van der Waals surface area contributed by atoms with Crippen LogP contribution < -0.4 is 10.6 Å². The lowest BCUT2D eigenvalue weighted by atomic mass is 9.89. The van der Waals surface area contributed by atoms with E-state index in [2.05, 4.69) is 0 Å². The summed E-state index contributed by atoms with van der Waals surface area (Å²) in [6.45, 7) is 0. The molecule has 1 aromatic carbocycles. The molecule has 0 heterocycles. The third-order valence-electron chi connectivity index (χ3n) is 7.30. The molecular weight excluding hydrogens is 956 g/mol. The Kier molecular flexibility index (Phi) is 13.3. The lowest BCUT2D eigenvalue weighted by molar-refractivity contribution is -0.443. The first-order chi connectivity index (χ1) is 25.9. The Balaban J connectivity index is 3.49. The van der Waals surface area contributed by atoms with Crippen LogP contribution in [0.25, 0.3) is 0 Å². The predicted octanol–water partition coefficient (Wildman–Crippen LogP) is 11.0. The number of anilines is 2. The minimum atomic E-state index is -8.96. The molecule has 0 aromatic heterocycles. The van der Waals surface area contributed by atoms with Crippen LogP contribution in [0.2, 0.25) is 0 Å². The summed E-state index contributed by atoms with van der Waals surface area (Å²) in [6, 6.07) is -1.55. The molecular formula is C24H8F32N2O2. The first-order valence-corrected chi connectivity index (χ1v) is 13.5. The number of rotatable bonds is 18. The molecule has 0 radical (unpaired) electrons. The van der Waals surface area contributed by atoms with Crippen LogP contribution in [0.15, 0.2) is 24.3 Å². The highest BCUT2D eigenvalue weighted by Gasteiger charge is 2.96. The van der Waals surface area contributed by atoms with Gasteiger partial charge in [0.25, 0.3) is 0 Å². The molecule has 1 aromatic rings. The number of amides is 2. The average Bonchev–Trinajstić information content (AvgIpc) is 3.07. The fourth-order valence-corrected chi connectivity index (χ4v) is 3.61. The van der Waals surface area contributed by atoms with Crippen molar-refractivity contribution < 1.29 is 150 Å². The van der Waals surface area contributed by atoms with Crippen molar-refractivity contribution in [2.45, 2.75) is 95.8 Å². The van der Waals surface area contributed by atoms with E-state index in [1.165, 1.54) is 0 Å². The molecule has 36 heteroatoms. The molecule has 0 spiro atoms. The summed E-state index contributed by atoms with van der Waals surface area (Å²) < 4.78 is 430. The van der Waals surface area contributed by atoms with Gasteiger partial charge in [0.15, 0.2) is 0 Å².